The summed E-state index contributed by atoms with van der Waals surface area (Å²) in [6.07, 6.45) is 11.0. The summed E-state index contributed by atoms with van der Waals surface area (Å²) < 4.78 is 2.15. The van der Waals surface area contributed by atoms with Gasteiger partial charge in [-0.1, -0.05) is 38.1 Å². The van der Waals surface area contributed by atoms with Gasteiger partial charge in [0.15, 0.2) is 11.5 Å². The third kappa shape index (κ3) is 7.21. The van der Waals surface area contributed by atoms with Crippen LogP contribution in [0.5, 0.6) is 0 Å². The van der Waals surface area contributed by atoms with Crippen molar-refractivity contribution in [3.8, 4) is 0 Å². The number of allylic oxidation sites excluding steroid dienone is 6. The number of carbonyl (C=O) groups is 3. The van der Waals surface area contributed by atoms with E-state index >= 15 is 0 Å². The van der Waals surface area contributed by atoms with Crippen LogP contribution in [0.2, 0.25) is 0 Å². The Morgan fingerprint density at radius 3 is 2.08 bits per heavy atom. The molecule has 0 saturated heterocycles. The Morgan fingerprint density at radius 2 is 1.53 bits per heavy atom. The van der Waals surface area contributed by atoms with Crippen molar-refractivity contribution in [1.82, 2.24) is 0 Å². The van der Waals surface area contributed by atoms with E-state index in [1.54, 1.807) is 0 Å². The summed E-state index contributed by atoms with van der Waals surface area (Å²) in [7, 11) is 0. The van der Waals surface area contributed by atoms with Gasteiger partial charge in [-0.15, -0.1) is 0 Å². The van der Waals surface area contributed by atoms with Crippen LogP contribution < -0.4 is 4.90 Å². The highest BCUT2D eigenvalue weighted by atomic mass is 16.4. The first-order valence-electron chi connectivity index (χ1n) is 13.5. The van der Waals surface area contributed by atoms with Gasteiger partial charge in [-0.2, -0.15) is 0 Å². The Hall–Kier alpha value is -3.68. The van der Waals surface area contributed by atoms with Gasteiger partial charge in [0.25, 0.3) is 0 Å². The lowest BCUT2D eigenvalue weighted by Crippen LogP contribution is -2.36. The summed E-state index contributed by atoms with van der Waals surface area (Å²) in [4.78, 5) is 37.0. The number of aliphatic hydroxyl groups is 1. The molecular weight excluding hydrogens is 484 g/mol. The number of carboxylic acid groups (broad SMARTS) is 2. The van der Waals surface area contributed by atoms with E-state index in [-0.39, 0.29) is 30.3 Å². The molecule has 38 heavy (non-hydrogen) atoms. The van der Waals surface area contributed by atoms with Gasteiger partial charge in [0.2, 0.25) is 0 Å². The van der Waals surface area contributed by atoms with Crippen LogP contribution in [0.1, 0.15) is 57.9 Å². The van der Waals surface area contributed by atoms with Gasteiger partial charge < -0.3 is 20.2 Å². The fraction of sp³-hybridized carbons (Fsp3) is 0.467. The van der Waals surface area contributed by atoms with Crippen molar-refractivity contribution < 1.29 is 34.3 Å². The van der Waals surface area contributed by atoms with Gasteiger partial charge in [0.05, 0.1) is 17.9 Å². The highest BCUT2D eigenvalue weighted by molar-refractivity contribution is 6.30. The number of hydrogen-bond acceptors (Lipinski definition) is 5. The average molecular weight is 524 g/mol. The van der Waals surface area contributed by atoms with E-state index in [2.05, 4.69) is 23.3 Å². The van der Waals surface area contributed by atoms with Gasteiger partial charge in [0.1, 0.15) is 18.8 Å². The summed E-state index contributed by atoms with van der Waals surface area (Å²) in [6, 6.07) is 7.52. The van der Waals surface area contributed by atoms with Crippen molar-refractivity contribution in [2.45, 2.75) is 52.4 Å². The minimum Gasteiger partial charge on any atom is -0.511 e. The number of aliphatic carboxylic acids is 2. The molecule has 8 nitrogen and oxygen atoms in total. The lowest BCUT2D eigenvalue weighted by atomic mass is 9.71. The van der Waals surface area contributed by atoms with Crippen molar-refractivity contribution >= 4 is 34.7 Å². The smallest absolute Gasteiger partial charge is 0.303 e. The van der Waals surface area contributed by atoms with Crippen LogP contribution in [0.4, 0.5) is 5.69 Å². The lowest BCUT2D eigenvalue weighted by Gasteiger charge is -2.32. The molecule has 0 aromatic heterocycles. The number of Topliss-reactive ketones (excluding diaryl/α,β-unsaturated/α-hetero) is 1. The van der Waals surface area contributed by atoms with E-state index in [0.717, 1.165) is 37.3 Å². The molecule has 0 bridgehead atoms. The summed E-state index contributed by atoms with van der Waals surface area (Å²) in [5.74, 6) is -2.42. The number of anilines is 1. The van der Waals surface area contributed by atoms with E-state index in [0.29, 0.717) is 37.1 Å². The van der Waals surface area contributed by atoms with Gasteiger partial charge >= 0.3 is 11.9 Å². The van der Waals surface area contributed by atoms with Crippen LogP contribution in [0, 0.1) is 11.8 Å². The zero-order valence-corrected chi connectivity index (χ0v) is 22.3. The van der Waals surface area contributed by atoms with Gasteiger partial charge in [0, 0.05) is 56.1 Å². The first kappa shape index (κ1) is 28.9. The van der Waals surface area contributed by atoms with Crippen LogP contribution in [-0.4, -0.2) is 69.5 Å². The lowest BCUT2D eigenvalue weighted by molar-refractivity contribution is -0.527. The second-order valence-corrected chi connectivity index (χ2v) is 9.84. The molecule has 3 N–H and O–H groups in total. The molecule has 8 heteroatoms. The third-order valence-electron chi connectivity index (χ3n) is 6.95. The fourth-order valence-electron chi connectivity index (χ4n) is 5.06. The molecule has 1 aromatic carbocycles. The molecule has 2 aliphatic carbocycles. The van der Waals surface area contributed by atoms with Crippen LogP contribution in [0.25, 0.3) is 5.57 Å². The van der Waals surface area contributed by atoms with Crippen molar-refractivity contribution in [3.05, 3.63) is 59.9 Å². The number of hydrogen-bond donors (Lipinski definition) is 3. The average Bonchev–Trinajstić information content (AvgIpc) is 2.88. The molecule has 1 aromatic rings. The molecule has 3 rings (SSSR count). The van der Waals surface area contributed by atoms with Crippen molar-refractivity contribution in [3.63, 3.8) is 0 Å². The molecule has 0 heterocycles. The number of rotatable bonds is 15. The first-order valence-corrected chi connectivity index (χ1v) is 13.5. The highest BCUT2D eigenvalue weighted by Crippen LogP contribution is 2.42. The molecule has 0 amide bonds. The molecule has 2 aliphatic rings. The van der Waals surface area contributed by atoms with Crippen LogP contribution in [0.3, 0.4) is 0 Å². The van der Waals surface area contributed by atoms with Crippen molar-refractivity contribution in [1.29, 1.82) is 0 Å². The van der Waals surface area contributed by atoms with E-state index in [1.807, 2.05) is 48.6 Å². The van der Waals surface area contributed by atoms with E-state index in [1.165, 1.54) is 0 Å². The first-order chi connectivity index (χ1) is 18.3. The predicted molar refractivity (Wildman–Crippen MR) is 148 cm³/mol. The Bertz CT molecular complexity index is 1130. The fourth-order valence-corrected chi connectivity index (χ4v) is 5.06. The van der Waals surface area contributed by atoms with Crippen molar-refractivity contribution in [2.24, 2.45) is 11.8 Å². The molecule has 0 fully saturated rings. The zero-order chi connectivity index (χ0) is 27.7. The third-order valence-corrected chi connectivity index (χ3v) is 6.95. The Balaban J connectivity index is 1.69. The van der Waals surface area contributed by atoms with Gasteiger partial charge in [-0.05, 0) is 30.5 Å². The van der Waals surface area contributed by atoms with Gasteiger partial charge in [-0.3, -0.25) is 14.4 Å². The summed E-state index contributed by atoms with van der Waals surface area (Å²) in [5, 5.41) is 28.7. The largest absolute Gasteiger partial charge is 0.511 e. The number of ketones is 1. The number of benzene rings is 1. The SMILES string of the molecule is CCCN(CCCC(=O)O)c1ccc(C2=C(O)C(C3C=CC(=[N+](CCC)CCCC(=O)O)C=C3)C2=O)cc1. The maximum Gasteiger partial charge on any atom is 0.303 e. The molecule has 1 unspecified atom stereocenters. The Labute approximate surface area is 224 Å². The summed E-state index contributed by atoms with van der Waals surface area (Å²) in [5.41, 5.74) is 2.98. The molecule has 0 aliphatic heterocycles. The maximum atomic E-state index is 13.1. The number of carbonyl (C=O) groups excluding carboxylic acids is 1. The van der Waals surface area contributed by atoms with Gasteiger partial charge in [-0.25, -0.2) is 4.58 Å². The second kappa shape index (κ2) is 13.7. The zero-order valence-electron chi connectivity index (χ0n) is 22.3. The van der Waals surface area contributed by atoms with Crippen LogP contribution in [-0.2, 0) is 14.4 Å². The quantitative estimate of drug-likeness (QED) is 0.285. The Morgan fingerprint density at radius 1 is 0.895 bits per heavy atom. The normalized spacial score (nSPS) is 18.5. The van der Waals surface area contributed by atoms with Crippen LogP contribution in [0.15, 0.2) is 54.3 Å². The molecule has 1 atom stereocenters. The molecule has 0 spiro atoms. The maximum absolute atomic E-state index is 13.1. The number of carboxylic acids is 2. The van der Waals surface area contributed by atoms with Crippen molar-refractivity contribution in [2.75, 3.05) is 31.1 Å². The monoisotopic (exact) mass is 523 g/mol. The minimum absolute atomic E-state index is 0.0863. The number of aliphatic hydroxyl groups excluding tert-OH is 1. The molecule has 204 valence electrons. The van der Waals surface area contributed by atoms with Crippen LogP contribution >= 0.6 is 0 Å². The number of nitrogens with zero attached hydrogens (tertiary/aromatic N) is 2. The summed E-state index contributed by atoms with van der Waals surface area (Å²) in [6.45, 7) is 7.07. The molecule has 0 saturated carbocycles. The second-order valence-electron chi connectivity index (χ2n) is 9.84. The molecule has 0 radical (unpaired) electrons. The topological polar surface area (TPSA) is 118 Å². The molecular formula is C30H39N2O6+. The minimum atomic E-state index is -0.803. The Kier molecular flexibility index (Phi) is 10.4. The van der Waals surface area contributed by atoms with E-state index < -0.39 is 17.9 Å². The summed E-state index contributed by atoms with van der Waals surface area (Å²) >= 11 is 0. The van der Waals surface area contributed by atoms with E-state index in [9.17, 15) is 19.5 Å². The highest BCUT2D eigenvalue weighted by Gasteiger charge is 2.44. The standard InChI is InChI=1S/C30H38N2O6/c1-3-17-31(19-5-7-25(33)34)23-13-9-21(10-14-23)27-29(37)28(30(27)38)22-11-15-24(16-12-22)32(18-4-2)20-6-8-26(35)36/h9-16,21,27H,3-8,17-20H2,1-2H3,(H2-,33,34,35,36,37,38)/p+1. The van der Waals surface area contributed by atoms with E-state index in [4.69, 9.17) is 10.2 Å². The predicted octanol–water partition coefficient (Wildman–Crippen LogP) is 4.71.